The van der Waals surface area contributed by atoms with E-state index in [0.717, 1.165) is 33.6 Å². The number of halogens is 3. The molecular weight excluding hydrogens is 427 g/mol. The van der Waals surface area contributed by atoms with Gasteiger partial charge in [-0.2, -0.15) is 18.2 Å². The Morgan fingerprint density at radius 2 is 1.94 bits per heavy atom. The Balaban J connectivity index is 0.000000360. The fourth-order valence-corrected chi connectivity index (χ4v) is 2.58. The standard InChI is InChI=1S/C19H17N5O.C2HF3O2/c1-12-15(20)3-2-4-16(12)23-19-22-10-8-18(24-19)25-14-5-6-17-13(11-14)7-9-21-17;3-2(4,5)1(6)7/h2-11,21H,20H2,1H3,(H,22,23,24);(H,6,7). The molecule has 0 atom stereocenters. The molecule has 2 heterocycles. The van der Waals surface area contributed by atoms with Crippen molar-refractivity contribution in [2.75, 3.05) is 11.1 Å². The van der Waals surface area contributed by atoms with Crippen LogP contribution in [0.1, 0.15) is 5.56 Å². The van der Waals surface area contributed by atoms with E-state index in [1.54, 1.807) is 12.3 Å². The van der Waals surface area contributed by atoms with Crippen molar-refractivity contribution in [3.63, 3.8) is 0 Å². The molecule has 4 rings (SSSR count). The van der Waals surface area contributed by atoms with Crippen molar-refractivity contribution in [1.29, 1.82) is 0 Å². The Bertz CT molecular complexity index is 1240. The molecule has 32 heavy (non-hydrogen) atoms. The van der Waals surface area contributed by atoms with Gasteiger partial charge in [0.1, 0.15) is 5.75 Å². The van der Waals surface area contributed by atoms with Gasteiger partial charge in [-0.05, 0) is 48.9 Å². The quantitative estimate of drug-likeness (QED) is 0.325. The highest BCUT2D eigenvalue weighted by Crippen LogP contribution is 2.26. The molecule has 0 aliphatic heterocycles. The third-order valence-electron chi connectivity index (χ3n) is 4.24. The molecule has 8 nitrogen and oxygen atoms in total. The van der Waals surface area contributed by atoms with Crippen molar-refractivity contribution in [2.45, 2.75) is 13.1 Å². The third-order valence-corrected chi connectivity index (χ3v) is 4.24. The molecule has 0 aliphatic rings. The van der Waals surface area contributed by atoms with E-state index in [2.05, 4.69) is 20.3 Å². The smallest absolute Gasteiger partial charge is 0.475 e. The number of carbonyl (C=O) groups is 1. The van der Waals surface area contributed by atoms with Crippen LogP contribution < -0.4 is 15.8 Å². The Kier molecular flexibility index (Phi) is 6.47. The van der Waals surface area contributed by atoms with Crippen LogP contribution in [0.2, 0.25) is 0 Å². The number of anilines is 3. The van der Waals surface area contributed by atoms with Crippen molar-refractivity contribution >= 4 is 34.2 Å². The zero-order valence-electron chi connectivity index (χ0n) is 16.6. The van der Waals surface area contributed by atoms with Crippen LogP contribution in [0.15, 0.2) is 60.9 Å². The SMILES string of the molecule is Cc1c(N)cccc1Nc1nccc(Oc2ccc3[nH]ccc3c2)n1.O=C(O)C(F)(F)F. The summed E-state index contributed by atoms with van der Waals surface area (Å²) < 4.78 is 37.6. The molecule has 5 N–H and O–H groups in total. The minimum atomic E-state index is -5.08. The number of carboxylic acid groups (broad SMARTS) is 1. The van der Waals surface area contributed by atoms with Gasteiger partial charge in [-0.25, -0.2) is 9.78 Å². The number of benzene rings is 2. The van der Waals surface area contributed by atoms with E-state index < -0.39 is 12.1 Å². The number of nitrogens with one attached hydrogen (secondary N) is 2. The minimum Gasteiger partial charge on any atom is -0.475 e. The second-order valence-corrected chi connectivity index (χ2v) is 6.49. The van der Waals surface area contributed by atoms with Crippen molar-refractivity contribution in [3.8, 4) is 11.6 Å². The lowest BCUT2D eigenvalue weighted by Gasteiger charge is -2.11. The average Bonchev–Trinajstić information content (AvgIpc) is 3.19. The van der Waals surface area contributed by atoms with Crippen molar-refractivity contribution in [3.05, 3.63) is 66.5 Å². The van der Waals surface area contributed by atoms with Crippen molar-refractivity contribution < 1.29 is 27.8 Å². The molecule has 0 radical (unpaired) electrons. The Labute approximate surface area is 179 Å². The zero-order valence-corrected chi connectivity index (χ0v) is 16.6. The Hall–Kier alpha value is -4.28. The van der Waals surface area contributed by atoms with Crippen LogP contribution >= 0.6 is 0 Å². The lowest BCUT2D eigenvalue weighted by molar-refractivity contribution is -0.192. The fraction of sp³-hybridized carbons (Fsp3) is 0.0952. The number of alkyl halides is 3. The van der Waals surface area contributed by atoms with Crippen LogP contribution in [-0.4, -0.2) is 32.2 Å². The lowest BCUT2D eigenvalue weighted by atomic mass is 10.1. The van der Waals surface area contributed by atoms with Crippen LogP contribution in [0.3, 0.4) is 0 Å². The molecule has 0 spiro atoms. The largest absolute Gasteiger partial charge is 0.490 e. The summed E-state index contributed by atoms with van der Waals surface area (Å²) in [7, 11) is 0. The van der Waals surface area contributed by atoms with E-state index in [1.807, 2.05) is 55.6 Å². The highest BCUT2D eigenvalue weighted by molar-refractivity contribution is 5.80. The zero-order chi connectivity index (χ0) is 23.3. The summed E-state index contributed by atoms with van der Waals surface area (Å²) in [4.78, 5) is 20.7. The maximum Gasteiger partial charge on any atom is 0.490 e. The lowest BCUT2D eigenvalue weighted by Crippen LogP contribution is -2.21. The summed E-state index contributed by atoms with van der Waals surface area (Å²) >= 11 is 0. The second-order valence-electron chi connectivity index (χ2n) is 6.49. The summed E-state index contributed by atoms with van der Waals surface area (Å²) in [5, 5.41) is 11.4. The molecule has 0 saturated heterocycles. The van der Waals surface area contributed by atoms with Crippen LogP contribution in [0, 0.1) is 6.92 Å². The topological polar surface area (TPSA) is 126 Å². The van der Waals surface area contributed by atoms with Crippen LogP contribution in [0.25, 0.3) is 10.9 Å². The number of hydrogen-bond acceptors (Lipinski definition) is 6. The molecule has 2 aromatic carbocycles. The van der Waals surface area contributed by atoms with E-state index in [4.69, 9.17) is 20.4 Å². The van der Waals surface area contributed by atoms with E-state index >= 15 is 0 Å². The number of aliphatic carboxylic acids is 1. The first-order valence-electron chi connectivity index (χ1n) is 9.14. The molecule has 0 bridgehead atoms. The van der Waals surface area contributed by atoms with E-state index in [9.17, 15) is 13.2 Å². The van der Waals surface area contributed by atoms with E-state index in [-0.39, 0.29) is 0 Å². The second kappa shape index (κ2) is 9.25. The number of hydrogen-bond donors (Lipinski definition) is 4. The summed E-state index contributed by atoms with van der Waals surface area (Å²) in [6.45, 7) is 1.95. The number of carboxylic acids is 1. The highest BCUT2D eigenvalue weighted by atomic mass is 19.4. The molecule has 0 unspecified atom stereocenters. The van der Waals surface area contributed by atoms with E-state index in [1.165, 1.54) is 0 Å². The predicted molar refractivity (Wildman–Crippen MR) is 113 cm³/mol. The maximum atomic E-state index is 10.6. The first-order valence-corrected chi connectivity index (χ1v) is 9.14. The van der Waals surface area contributed by atoms with Crippen LogP contribution in [0.4, 0.5) is 30.5 Å². The minimum absolute atomic E-state index is 0.453. The van der Waals surface area contributed by atoms with Crippen LogP contribution in [-0.2, 0) is 4.79 Å². The van der Waals surface area contributed by atoms with E-state index in [0.29, 0.717) is 11.8 Å². The summed E-state index contributed by atoms with van der Waals surface area (Å²) in [6.07, 6.45) is -1.53. The van der Waals surface area contributed by atoms with Gasteiger partial charge in [0, 0.05) is 40.7 Å². The van der Waals surface area contributed by atoms with Gasteiger partial charge in [0.25, 0.3) is 0 Å². The first-order chi connectivity index (χ1) is 15.1. The van der Waals surface area contributed by atoms with Gasteiger partial charge in [-0.15, -0.1) is 0 Å². The maximum absolute atomic E-state index is 10.6. The Morgan fingerprint density at radius 3 is 2.66 bits per heavy atom. The van der Waals surface area contributed by atoms with Crippen molar-refractivity contribution in [2.24, 2.45) is 0 Å². The first kappa shape index (κ1) is 22.4. The number of nitrogen functional groups attached to an aromatic ring is 1. The number of aromatic nitrogens is 3. The molecule has 166 valence electrons. The summed E-state index contributed by atoms with van der Waals surface area (Å²) in [6, 6.07) is 15.2. The van der Waals surface area contributed by atoms with Gasteiger partial charge in [0.2, 0.25) is 11.8 Å². The number of nitrogens with two attached hydrogens (primary N) is 1. The van der Waals surface area contributed by atoms with Crippen molar-refractivity contribution in [1.82, 2.24) is 15.0 Å². The molecule has 0 amide bonds. The van der Waals surface area contributed by atoms with Gasteiger partial charge in [-0.3, -0.25) is 0 Å². The number of fused-ring (bicyclic) bond motifs is 1. The molecule has 0 aliphatic carbocycles. The molecular formula is C21H18F3N5O3. The molecule has 0 fully saturated rings. The van der Waals surface area contributed by atoms with Gasteiger partial charge in [0.05, 0.1) is 0 Å². The number of H-pyrrole nitrogens is 1. The number of aromatic amines is 1. The molecule has 2 aromatic heterocycles. The van der Waals surface area contributed by atoms with Gasteiger partial charge in [0.15, 0.2) is 0 Å². The normalized spacial score (nSPS) is 10.9. The summed E-state index contributed by atoms with van der Waals surface area (Å²) in [5.74, 6) is -1.12. The van der Waals surface area contributed by atoms with Gasteiger partial charge < -0.3 is 25.9 Å². The van der Waals surface area contributed by atoms with Gasteiger partial charge in [-0.1, -0.05) is 6.07 Å². The number of nitrogens with zero attached hydrogens (tertiary/aromatic N) is 2. The summed E-state index contributed by atoms with van der Waals surface area (Å²) in [5.41, 5.74) is 9.54. The fourth-order valence-electron chi connectivity index (χ4n) is 2.58. The molecule has 0 saturated carbocycles. The third kappa shape index (κ3) is 5.65. The molecule has 11 heteroatoms. The highest BCUT2D eigenvalue weighted by Gasteiger charge is 2.38. The van der Waals surface area contributed by atoms with Crippen LogP contribution in [0.5, 0.6) is 11.6 Å². The predicted octanol–water partition coefficient (Wildman–Crippen LogP) is 5.02. The Morgan fingerprint density at radius 1 is 1.19 bits per heavy atom. The average molecular weight is 445 g/mol. The monoisotopic (exact) mass is 445 g/mol. The molecule has 4 aromatic rings. The number of ether oxygens (including phenoxy) is 1. The number of rotatable bonds is 4. The van der Waals surface area contributed by atoms with Gasteiger partial charge >= 0.3 is 12.1 Å².